The lowest BCUT2D eigenvalue weighted by Crippen LogP contribution is -2.52. The highest BCUT2D eigenvalue weighted by Gasteiger charge is 2.34. The first-order chi connectivity index (χ1) is 11.4. The lowest BCUT2D eigenvalue weighted by Gasteiger charge is -2.38. The number of carboxylic acid groups (broad SMARTS) is 1. The first-order valence-electron chi connectivity index (χ1n) is 8.92. The van der Waals surface area contributed by atoms with Crippen molar-refractivity contribution in [2.45, 2.75) is 75.9 Å². The Bertz CT molecular complexity index is 470. The molecule has 7 nitrogen and oxygen atoms in total. The van der Waals surface area contributed by atoms with Crippen LogP contribution in [0.15, 0.2) is 0 Å². The Morgan fingerprint density at radius 1 is 1.12 bits per heavy atom. The first-order valence-corrected chi connectivity index (χ1v) is 8.92. The second kappa shape index (κ2) is 8.46. The molecule has 0 aliphatic heterocycles. The summed E-state index contributed by atoms with van der Waals surface area (Å²) in [6.07, 6.45) is 6.41. The van der Waals surface area contributed by atoms with Gasteiger partial charge in [-0.25, -0.2) is 0 Å². The monoisotopic (exact) mass is 339 g/mol. The molecular weight excluding hydrogens is 310 g/mol. The zero-order chi connectivity index (χ0) is 17.7. The number of nitrogens with one attached hydrogen (secondary N) is 1. The number of hydrogen-bond acceptors (Lipinski definition) is 4. The molecule has 0 spiro atoms. The van der Waals surface area contributed by atoms with E-state index in [0.29, 0.717) is 6.04 Å². The van der Waals surface area contributed by atoms with Crippen LogP contribution >= 0.6 is 0 Å². The molecule has 136 valence electrons. The number of amides is 2. The van der Waals surface area contributed by atoms with Crippen LogP contribution in [-0.2, 0) is 14.4 Å². The van der Waals surface area contributed by atoms with Gasteiger partial charge in [0.2, 0.25) is 11.8 Å². The van der Waals surface area contributed by atoms with E-state index < -0.39 is 12.0 Å². The van der Waals surface area contributed by atoms with Gasteiger partial charge in [-0.1, -0.05) is 0 Å². The number of aliphatic carboxylic acids is 1. The molecule has 0 aromatic heterocycles. The molecule has 2 fully saturated rings. The van der Waals surface area contributed by atoms with Crippen LogP contribution in [0.4, 0.5) is 0 Å². The lowest BCUT2D eigenvalue weighted by molar-refractivity contribution is -0.139. The molecule has 0 bridgehead atoms. The van der Waals surface area contributed by atoms with E-state index in [1.807, 2.05) is 11.9 Å². The number of nitrogens with two attached hydrogens (primary N) is 1. The van der Waals surface area contributed by atoms with Gasteiger partial charge in [0.15, 0.2) is 0 Å². The second-order valence-corrected chi connectivity index (χ2v) is 7.13. The number of carbonyl (C=O) groups is 3. The minimum atomic E-state index is -0.964. The maximum Gasteiger partial charge on any atom is 0.303 e. The molecule has 0 heterocycles. The Morgan fingerprint density at radius 3 is 2.25 bits per heavy atom. The maximum absolute atomic E-state index is 12.5. The Kier molecular flexibility index (Phi) is 6.60. The van der Waals surface area contributed by atoms with Crippen molar-refractivity contribution in [3.63, 3.8) is 0 Å². The molecule has 0 saturated heterocycles. The summed E-state index contributed by atoms with van der Waals surface area (Å²) in [5.74, 6) is -0.985. The summed E-state index contributed by atoms with van der Waals surface area (Å²) in [5.41, 5.74) is 6.19. The van der Waals surface area contributed by atoms with E-state index in [0.717, 1.165) is 38.5 Å². The van der Waals surface area contributed by atoms with Crippen molar-refractivity contribution in [3.8, 4) is 0 Å². The number of rotatable bonds is 7. The molecule has 2 rings (SSSR count). The third-order valence-corrected chi connectivity index (χ3v) is 5.47. The van der Waals surface area contributed by atoms with Gasteiger partial charge in [0.25, 0.3) is 0 Å². The predicted octanol–water partition coefficient (Wildman–Crippen LogP) is 0.864. The van der Waals surface area contributed by atoms with E-state index in [1.165, 1.54) is 6.42 Å². The standard InChI is InChI=1S/C17H29N3O4/c1-20(13-3-2-4-13)17(24)16(18)11-5-7-12(8-6-11)19-14(21)9-10-15(22)23/h11-13,16H,2-10,18H2,1H3,(H,19,21)(H,22,23)/t11?,12?,16-/m0/s1. The van der Waals surface area contributed by atoms with E-state index in [1.54, 1.807) is 0 Å². The van der Waals surface area contributed by atoms with E-state index >= 15 is 0 Å². The Morgan fingerprint density at radius 2 is 1.75 bits per heavy atom. The quantitative estimate of drug-likeness (QED) is 0.637. The molecule has 0 unspecified atom stereocenters. The maximum atomic E-state index is 12.5. The highest BCUT2D eigenvalue weighted by atomic mass is 16.4. The van der Waals surface area contributed by atoms with Crippen molar-refractivity contribution in [1.29, 1.82) is 0 Å². The highest BCUT2D eigenvalue weighted by molar-refractivity contribution is 5.82. The number of hydrogen-bond donors (Lipinski definition) is 3. The van der Waals surface area contributed by atoms with Crippen molar-refractivity contribution >= 4 is 17.8 Å². The van der Waals surface area contributed by atoms with E-state index in [2.05, 4.69) is 5.32 Å². The molecule has 7 heteroatoms. The molecule has 4 N–H and O–H groups in total. The van der Waals surface area contributed by atoms with Gasteiger partial charge in [0.1, 0.15) is 0 Å². The summed E-state index contributed by atoms with van der Waals surface area (Å²) >= 11 is 0. The normalized spacial score (nSPS) is 25.4. The summed E-state index contributed by atoms with van der Waals surface area (Å²) in [6.45, 7) is 0. The molecule has 2 amide bonds. The largest absolute Gasteiger partial charge is 0.481 e. The van der Waals surface area contributed by atoms with Crippen LogP contribution in [0.25, 0.3) is 0 Å². The number of likely N-dealkylation sites (N-methyl/N-ethyl adjacent to an activating group) is 1. The van der Waals surface area contributed by atoms with Gasteiger partial charge in [-0.2, -0.15) is 0 Å². The van der Waals surface area contributed by atoms with Crippen LogP contribution in [0.3, 0.4) is 0 Å². The van der Waals surface area contributed by atoms with Gasteiger partial charge in [-0.05, 0) is 50.9 Å². The zero-order valence-corrected chi connectivity index (χ0v) is 14.4. The fraction of sp³-hybridized carbons (Fsp3) is 0.824. The third kappa shape index (κ3) is 4.93. The summed E-state index contributed by atoms with van der Waals surface area (Å²) in [6, 6.07) is -0.0399. The van der Waals surface area contributed by atoms with Gasteiger partial charge >= 0.3 is 5.97 Å². The van der Waals surface area contributed by atoms with E-state index in [-0.39, 0.29) is 36.6 Å². The van der Waals surface area contributed by atoms with Crippen LogP contribution in [-0.4, -0.2) is 53.0 Å². The molecule has 0 aromatic carbocycles. The molecule has 1 atom stereocenters. The predicted molar refractivity (Wildman–Crippen MR) is 89.1 cm³/mol. The summed E-state index contributed by atoms with van der Waals surface area (Å²) in [4.78, 5) is 36.4. The van der Waals surface area contributed by atoms with Crippen molar-refractivity contribution in [3.05, 3.63) is 0 Å². The fourth-order valence-corrected chi connectivity index (χ4v) is 3.53. The molecular formula is C17H29N3O4. The smallest absolute Gasteiger partial charge is 0.303 e. The van der Waals surface area contributed by atoms with E-state index in [9.17, 15) is 14.4 Å². The molecule has 24 heavy (non-hydrogen) atoms. The van der Waals surface area contributed by atoms with Crippen LogP contribution in [0, 0.1) is 5.92 Å². The first kappa shape index (κ1) is 18.7. The third-order valence-electron chi connectivity index (χ3n) is 5.47. The van der Waals surface area contributed by atoms with Gasteiger partial charge < -0.3 is 21.1 Å². The highest BCUT2D eigenvalue weighted by Crippen LogP contribution is 2.29. The Labute approximate surface area is 142 Å². The summed E-state index contributed by atoms with van der Waals surface area (Å²) < 4.78 is 0. The van der Waals surface area contributed by atoms with E-state index in [4.69, 9.17) is 10.8 Å². The van der Waals surface area contributed by atoms with Crippen molar-refractivity contribution in [2.24, 2.45) is 11.7 Å². The number of carboxylic acids is 1. The molecule has 2 aliphatic carbocycles. The summed E-state index contributed by atoms with van der Waals surface area (Å²) in [7, 11) is 1.85. The average molecular weight is 339 g/mol. The molecule has 2 saturated carbocycles. The van der Waals surface area contributed by atoms with Gasteiger partial charge in [0.05, 0.1) is 12.5 Å². The van der Waals surface area contributed by atoms with Crippen LogP contribution < -0.4 is 11.1 Å². The number of carbonyl (C=O) groups excluding carboxylic acids is 2. The SMILES string of the molecule is CN(C(=O)[C@@H](N)C1CCC(NC(=O)CCC(=O)O)CC1)C1CCC1. The Balaban J connectivity index is 1.72. The molecule has 0 radical (unpaired) electrons. The van der Waals surface area contributed by atoms with Crippen LogP contribution in [0.2, 0.25) is 0 Å². The van der Waals surface area contributed by atoms with Gasteiger partial charge in [-0.3, -0.25) is 14.4 Å². The summed E-state index contributed by atoms with van der Waals surface area (Å²) in [5, 5.41) is 11.5. The van der Waals surface area contributed by atoms with Gasteiger partial charge in [-0.15, -0.1) is 0 Å². The second-order valence-electron chi connectivity index (χ2n) is 7.13. The fourth-order valence-electron chi connectivity index (χ4n) is 3.53. The minimum absolute atomic E-state index is 0.0133. The van der Waals surface area contributed by atoms with Gasteiger partial charge in [0, 0.05) is 25.6 Å². The lowest BCUT2D eigenvalue weighted by atomic mass is 9.81. The van der Waals surface area contributed by atoms with Crippen molar-refractivity contribution in [2.75, 3.05) is 7.05 Å². The number of nitrogens with zero attached hydrogens (tertiary/aromatic N) is 1. The van der Waals surface area contributed by atoms with Crippen LogP contribution in [0.1, 0.15) is 57.8 Å². The zero-order valence-electron chi connectivity index (χ0n) is 14.4. The average Bonchev–Trinajstić information content (AvgIpc) is 2.50. The van der Waals surface area contributed by atoms with Crippen molar-refractivity contribution in [1.82, 2.24) is 10.2 Å². The van der Waals surface area contributed by atoms with Crippen molar-refractivity contribution < 1.29 is 19.5 Å². The molecule has 0 aromatic rings. The Hall–Kier alpha value is -1.63. The minimum Gasteiger partial charge on any atom is -0.481 e. The topological polar surface area (TPSA) is 113 Å². The van der Waals surface area contributed by atoms with Crippen LogP contribution in [0.5, 0.6) is 0 Å². The molecule has 2 aliphatic rings.